The molecule has 1 heterocycles. The fraction of sp³-hybridized carbons (Fsp3) is 0.538. The molecule has 1 aromatic rings. The molecule has 2 rings (SSSR count). The first-order valence-electron chi connectivity index (χ1n) is 6.33. The summed E-state index contributed by atoms with van der Waals surface area (Å²) in [5, 5.41) is 3.24. The highest BCUT2D eigenvalue weighted by Gasteiger charge is 2.34. The SMILES string of the molecule is Cc1cc(F)ccc1S(=O)(=O)N1CC(C)NCC1C. The van der Waals surface area contributed by atoms with E-state index in [1.54, 1.807) is 6.92 Å². The summed E-state index contributed by atoms with van der Waals surface area (Å²) in [5.41, 5.74) is 0.443. The van der Waals surface area contributed by atoms with Gasteiger partial charge < -0.3 is 5.32 Å². The standard InChI is InChI=1S/C13H19FN2O2S/c1-9-6-12(14)4-5-13(9)19(17,18)16-8-10(2)15-7-11(16)3/h4-6,10-11,15H,7-8H2,1-3H3. The van der Waals surface area contributed by atoms with Crippen molar-refractivity contribution >= 4 is 10.0 Å². The number of sulfonamides is 1. The lowest BCUT2D eigenvalue weighted by Crippen LogP contribution is -2.56. The fourth-order valence-electron chi connectivity index (χ4n) is 2.35. The van der Waals surface area contributed by atoms with Crippen molar-refractivity contribution in [3.05, 3.63) is 29.6 Å². The van der Waals surface area contributed by atoms with E-state index in [2.05, 4.69) is 5.32 Å². The molecule has 0 saturated carbocycles. The number of hydrogen-bond donors (Lipinski definition) is 1. The predicted molar refractivity (Wildman–Crippen MR) is 72.0 cm³/mol. The Hall–Kier alpha value is -0.980. The molecule has 0 amide bonds. The third kappa shape index (κ3) is 2.80. The van der Waals surface area contributed by atoms with E-state index in [4.69, 9.17) is 0 Å². The molecule has 1 aromatic carbocycles. The van der Waals surface area contributed by atoms with E-state index in [-0.39, 0.29) is 17.0 Å². The Bertz CT molecular complexity index is 574. The minimum atomic E-state index is -3.56. The van der Waals surface area contributed by atoms with Crippen molar-refractivity contribution in [2.75, 3.05) is 13.1 Å². The van der Waals surface area contributed by atoms with Crippen LogP contribution in [0.3, 0.4) is 0 Å². The van der Waals surface area contributed by atoms with E-state index < -0.39 is 15.8 Å². The lowest BCUT2D eigenvalue weighted by molar-refractivity contribution is 0.244. The Morgan fingerprint density at radius 1 is 1.37 bits per heavy atom. The van der Waals surface area contributed by atoms with Gasteiger partial charge in [0.25, 0.3) is 0 Å². The summed E-state index contributed by atoms with van der Waals surface area (Å²) in [6.07, 6.45) is 0. The molecular weight excluding hydrogens is 267 g/mol. The van der Waals surface area contributed by atoms with Gasteiger partial charge >= 0.3 is 0 Å². The van der Waals surface area contributed by atoms with Crippen molar-refractivity contribution in [1.82, 2.24) is 9.62 Å². The van der Waals surface area contributed by atoms with Crippen LogP contribution in [0.25, 0.3) is 0 Å². The minimum absolute atomic E-state index is 0.106. The van der Waals surface area contributed by atoms with Gasteiger partial charge in [-0.25, -0.2) is 12.8 Å². The Kier molecular flexibility index (Phi) is 3.94. The maximum absolute atomic E-state index is 13.1. The summed E-state index contributed by atoms with van der Waals surface area (Å²) in [6.45, 7) is 6.49. The Morgan fingerprint density at radius 2 is 2.05 bits per heavy atom. The second-order valence-electron chi connectivity index (χ2n) is 5.14. The maximum atomic E-state index is 13.1. The van der Waals surface area contributed by atoms with Gasteiger partial charge in [-0.15, -0.1) is 0 Å². The van der Waals surface area contributed by atoms with Gasteiger partial charge in [-0.3, -0.25) is 0 Å². The number of benzene rings is 1. The van der Waals surface area contributed by atoms with Crippen LogP contribution in [0, 0.1) is 12.7 Å². The lowest BCUT2D eigenvalue weighted by Gasteiger charge is -2.36. The largest absolute Gasteiger partial charge is 0.311 e. The Labute approximate surface area is 113 Å². The van der Waals surface area contributed by atoms with Crippen LogP contribution in [-0.4, -0.2) is 37.9 Å². The van der Waals surface area contributed by atoms with Crippen molar-refractivity contribution in [2.45, 2.75) is 37.8 Å². The molecule has 0 aliphatic carbocycles. The molecular formula is C13H19FN2O2S. The summed E-state index contributed by atoms with van der Waals surface area (Å²) in [7, 11) is -3.56. The van der Waals surface area contributed by atoms with Crippen LogP contribution in [0.2, 0.25) is 0 Å². The van der Waals surface area contributed by atoms with E-state index in [1.807, 2.05) is 13.8 Å². The highest BCUT2D eigenvalue weighted by Crippen LogP contribution is 2.24. The molecule has 1 aliphatic heterocycles. The van der Waals surface area contributed by atoms with Gasteiger partial charge in [-0.1, -0.05) is 0 Å². The zero-order chi connectivity index (χ0) is 14.2. The van der Waals surface area contributed by atoms with Crippen LogP contribution in [0.5, 0.6) is 0 Å². The van der Waals surface area contributed by atoms with Gasteiger partial charge in [0.05, 0.1) is 4.90 Å². The fourth-order valence-corrected chi connectivity index (χ4v) is 4.28. The van der Waals surface area contributed by atoms with Gasteiger partial charge in [0.15, 0.2) is 0 Å². The molecule has 19 heavy (non-hydrogen) atoms. The first kappa shape index (κ1) is 14.4. The smallest absolute Gasteiger partial charge is 0.243 e. The number of nitrogens with zero attached hydrogens (tertiary/aromatic N) is 1. The van der Waals surface area contributed by atoms with Crippen molar-refractivity contribution < 1.29 is 12.8 Å². The molecule has 6 heteroatoms. The number of hydrogen-bond acceptors (Lipinski definition) is 3. The topological polar surface area (TPSA) is 49.4 Å². The third-order valence-electron chi connectivity index (χ3n) is 3.43. The quantitative estimate of drug-likeness (QED) is 0.896. The molecule has 1 fully saturated rings. The minimum Gasteiger partial charge on any atom is -0.311 e. The normalized spacial score (nSPS) is 25.5. The van der Waals surface area contributed by atoms with Crippen LogP contribution in [-0.2, 0) is 10.0 Å². The van der Waals surface area contributed by atoms with E-state index >= 15 is 0 Å². The van der Waals surface area contributed by atoms with Crippen LogP contribution >= 0.6 is 0 Å². The third-order valence-corrected chi connectivity index (χ3v) is 5.57. The highest BCUT2D eigenvalue weighted by molar-refractivity contribution is 7.89. The molecule has 0 radical (unpaired) electrons. The van der Waals surface area contributed by atoms with Crippen LogP contribution in [0.15, 0.2) is 23.1 Å². The van der Waals surface area contributed by atoms with E-state index in [0.717, 1.165) is 0 Å². The summed E-state index contributed by atoms with van der Waals surface area (Å²) in [5.74, 6) is -0.418. The molecule has 0 bridgehead atoms. The molecule has 2 atom stereocenters. The van der Waals surface area contributed by atoms with Crippen LogP contribution in [0.1, 0.15) is 19.4 Å². The molecule has 0 spiro atoms. The van der Waals surface area contributed by atoms with E-state index in [0.29, 0.717) is 18.7 Å². The molecule has 106 valence electrons. The van der Waals surface area contributed by atoms with Gasteiger partial charge in [-0.05, 0) is 44.5 Å². The van der Waals surface area contributed by atoms with Crippen LogP contribution in [0.4, 0.5) is 4.39 Å². The number of halogens is 1. The average molecular weight is 286 g/mol. The molecule has 0 aromatic heterocycles. The van der Waals surface area contributed by atoms with Gasteiger partial charge in [-0.2, -0.15) is 4.31 Å². The van der Waals surface area contributed by atoms with E-state index in [1.165, 1.54) is 22.5 Å². The van der Waals surface area contributed by atoms with Gasteiger partial charge in [0.1, 0.15) is 5.82 Å². The highest BCUT2D eigenvalue weighted by atomic mass is 32.2. The molecule has 1 N–H and O–H groups in total. The predicted octanol–water partition coefficient (Wildman–Crippen LogP) is 1.51. The summed E-state index contributed by atoms with van der Waals surface area (Å²) in [6, 6.07) is 3.80. The van der Waals surface area contributed by atoms with Gasteiger partial charge in [0.2, 0.25) is 10.0 Å². The Morgan fingerprint density at radius 3 is 2.68 bits per heavy atom. The first-order chi connectivity index (χ1) is 8.82. The lowest BCUT2D eigenvalue weighted by atomic mass is 10.2. The summed E-state index contributed by atoms with van der Waals surface area (Å²) in [4.78, 5) is 0.190. The second kappa shape index (κ2) is 5.19. The zero-order valence-corrected chi connectivity index (χ0v) is 12.2. The van der Waals surface area contributed by atoms with Crippen molar-refractivity contribution in [3.63, 3.8) is 0 Å². The zero-order valence-electron chi connectivity index (χ0n) is 11.4. The number of aryl methyl sites for hydroxylation is 1. The van der Waals surface area contributed by atoms with Gasteiger partial charge in [0, 0.05) is 25.2 Å². The average Bonchev–Trinajstić information content (AvgIpc) is 2.31. The second-order valence-corrected chi connectivity index (χ2v) is 7.00. The van der Waals surface area contributed by atoms with Crippen molar-refractivity contribution in [3.8, 4) is 0 Å². The Balaban J connectivity index is 2.41. The van der Waals surface area contributed by atoms with Crippen LogP contribution < -0.4 is 5.32 Å². The van der Waals surface area contributed by atoms with E-state index in [9.17, 15) is 12.8 Å². The van der Waals surface area contributed by atoms with Crippen molar-refractivity contribution in [1.29, 1.82) is 0 Å². The molecule has 2 unspecified atom stereocenters. The molecule has 1 aliphatic rings. The number of piperazine rings is 1. The summed E-state index contributed by atoms with van der Waals surface area (Å²) >= 11 is 0. The first-order valence-corrected chi connectivity index (χ1v) is 7.77. The molecule has 1 saturated heterocycles. The summed E-state index contributed by atoms with van der Waals surface area (Å²) < 4.78 is 39.9. The number of nitrogens with one attached hydrogen (secondary N) is 1. The monoisotopic (exact) mass is 286 g/mol. The number of rotatable bonds is 2. The van der Waals surface area contributed by atoms with Crippen molar-refractivity contribution in [2.24, 2.45) is 0 Å². The molecule has 4 nitrogen and oxygen atoms in total. The maximum Gasteiger partial charge on any atom is 0.243 e.